The molecular formula is C14H20N2O. The van der Waals surface area contributed by atoms with Gasteiger partial charge in [0.1, 0.15) is 0 Å². The first-order valence-electron chi connectivity index (χ1n) is 6.30. The standard InChI is InChI=1S/C14H20N2O/c1-11-5-2-3-6-12(11)10-16-14(17)9-13-7-4-8-15-13/h2-3,5-6,13,15H,4,7-10H2,1H3,(H,16,17). The van der Waals surface area contributed by atoms with Crippen molar-refractivity contribution in [3.8, 4) is 0 Å². The van der Waals surface area contributed by atoms with Crippen LogP contribution < -0.4 is 10.6 Å². The number of aryl methyl sites for hydroxylation is 1. The van der Waals surface area contributed by atoms with Crippen molar-refractivity contribution in [2.24, 2.45) is 0 Å². The van der Waals surface area contributed by atoms with Crippen molar-refractivity contribution < 1.29 is 4.79 Å². The molecule has 0 saturated carbocycles. The zero-order valence-electron chi connectivity index (χ0n) is 10.3. The zero-order chi connectivity index (χ0) is 12.1. The van der Waals surface area contributed by atoms with Crippen LogP contribution >= 0.6 is 0 Å². The third-order valence-electron chi connectivity index (χ3n) is 3.33. The molecule has 1 aromatic rings. The monoisotopic (exact) mass is 232 g/mol. The molecule has 1 atom stereocenters. The summed E-state index contributed by atoms with van der Waals surface area (Å²) in [6, 6.07) is 8.53. The minimum Gasteiger partial charge on any atom is -0.352 e. The number of benzene rings is 1. The van der Waals surface area contributed by atoms with Crippen LogP contribution in [0.4, 0.5) is 0 Å². The van der Waals surface area contributed by atoms with Gasteiger partial charge in [0.2, 0.25) is 5.91 Å². The Kier molecular flexibility index (Phi) is 4.15. The maximum absolute atomic E-state index is 11.7. The van der Waals surface area contributed by atoms with E-state index < -0.39 is 0 Å². The van der Waals surface area contributed by atoms with E-state index in [9.17, 15) is 4.79 Å². The molecule has 17 heavy (non-hydrogen) atoms. The fourth-order valence-electron chi connectivity index (χ4n) is 2.23. The lowest BCUT2D eigenvalue weighted by molar-refractivity contribution is -0.121. The van der Waals surface area contributed by atoms with Gasteiger partial charge in [-0.2, -0.15) is 0 Å². The quantitative estimate of drug-likeness (QED) is 0.830. The van der Waals surface area contributed by atoms with Crippen LogP contribution in [0.5, 0.6) is 0 Å². The predicted molar refractivity (Wildman–Crippen MR) is 68.7 cm³/mol. The molecule has 1 amide bonds. The summed E-state index contributed by atoms with van der Waals surface area (Å²) in [4.78, 5) is 11.7. The van der Waals surface area contributed by atoms with E-state index in [-0.39, 0.29) is 5.91 Å². The van der Waals surface area contributed by atoms with Gasteiger partial charge in [-0.05, 0) is 37.4 Å². The van der Waals surface area contributed by atoms with E-state index in [0.29, 0.717) is 19.0 Å². The van der Waals surface area contributed by atoms with E-state index >= 15 is 0 Å². The number of rotatable bonds is 4. The van der Waals surface area contributed by atoms with E-state index in [4.69, 9.17) is 0 Å². The number of hydrogen-bond donors (Lipinski definition) is 2. The van der Waals surface area contributed by atoms with Crippen molar-refractivity contribution in [3.05, 3.63) is 35.4 Å². The Morgan fingerprint density at radius 2 is 2.29 bits per heavy atom. The van der Waals surface area contributed by atoms with Gasteiger partial charge in [-0.3, -0.25) is 4.79 Å². The first-order chi connectivity index (χ1) is 8.25. The van der Waals surface area contributed by atoms with Crippen molar-refractivity contribution in [2.45, 2.75) is 38.8 Å². The molecule has 1 unspecified atom stereocenters. The lowest BCUT2D eigenvalue weighted by Gasteiger charge is -2.11. The van der Waals surface area contributed by atoms with E-state index in [1.165, 1.54) is 17.5 Å². The topological polar surface area (TPSA) is 41.1 Å². The second-order valence-electron chi connectivity index (χ2n) is 4.70. The molecule has 0 spiro atoms. The first kappa shape index (κ1) is 12.1. The van der Waals surface area contributed by atoms with Crippen molar-refractivity contribution in [2.75, 3.05) is 6.54 Å². The molecule has 1 fully saturated rings. The van der Waals surface area contributed by atoms with Gasteiger partial charge in [-0.15, -0.1) is 0 Å². The van der Waals surface area contributed by atoms with Crippen LogP contribution in [0.1, 0.15) is 30.4 Å². The van der Waals surface area contributed by atoms with E-state index in [1.807, 2.05) is 12.1 Å². The highest BCUT2D eigenvalue weighted by Gasteiger charge is 2.17. The predicted octanol–water partition coefficient (Wildman–Crippen LogP) is 1.75. The molecule has 1 heterocycles. The second-order valence-corrected chi connectivity index (χ2v) is 4.70. The first-order valence-corrected chi connectivity index (χ1v) is 6.30. The summed E-state index contributed by atoms with van der Waals surface area (Å²) >= 11 is 0. The second kappa shape index (κ2) is 5.82. The highest BCUT2D eigenvalue weighted by Crippen LogP contribution is 2.09. The van der Waals surface area contributed by atoms with Gasteiger partial charge in [0.25, 0.3) is 0 Å². The lowest BCUT2D eigenvalue weighted by atomic mass is 10.1. The van der Waals surface area contributed by atoms with Gasteiger partial charge in [0.05, 0.1) is 0 Å². The minimum atomic E-state index is 0.146. The molecule has 1 saturated heterocycles. The van der Waals surface area contributed by atoms with Gasteiger partial charge in [0, 0.05) is 19.0 Å². The summed E-state index contributed by atoms with van der Waals surface area (Å²) in [5.41, 5.74) is 2.42. The van der Waals surface area contributed by atoms with Gasteiger partial charge in [-0.25, -0.2) is 0 Å². The average molecular weight is 232 g/mol. The van der Waals surface area contributed by atoms with Crippen LogP contribution in [0.25, 0.3) is 0 Å². The molecular weight excluding hydrogens is 212 g/mol. The Labute approximate surface area is 103 Å². The molecule has 2 N–H and O–H groups in total. The number of hydrogen-bond acceptors (Lipinski definition) is 2. The molecule has 0 aliphatic carbocycles. The van der Waals surface area contributed by atoms with Crippen LogP contribution in [0.3, 0.4) is 0 Å². The largest absolute Gasteiger partial charge is 0.352 e. The highest BCUT2D eigenvalue weighted by atomic mass is 16.1. The van der Waals surface area contributed by atoms with Crippen molar-refractivity contribution in [3.63, 3.8) is 0 Å². The maximum Gasteiger partial charge on any atom is 0.221 e. The third kappa shape index (κ3) is 3.56. The van der Waals surface area contributed by atoms with Crippen LogP contribution in [0.15, 0.2) is 24.3 Å². The Morgan fingerprint density at radius 1 is 1.47 bits per heavy atom. The summed E-state index contributed by atoms with van der Waals surface area (Å²) in [6.07, 6.45) is 2.92. The third-order valence-corrected chi connectivity index (χ3v) is 3.33. The summed E-state index contributed by atoms with van der Waals surface area (Å²) < 4.78 is 0. The average Bonchev–Trinajstić information content (AvgIpc) is 2.81. The number of carbonyl (C=O) groups excluding carboxylic acids is 1. The van der Waals surface area contributed by atoms with Crippen LogP contribution in [0, 0.1) is 6.92 Å². The number of nitrogens with one attached hydrogen (secondary N) is 2. The fourth-order valence-corrected chi connectivity index (χ4v) is 2.23. The van der Waals surface area contributed by atoms with Crippen LogP contribution in [0.2, 0.25) is 0 Å². The molecule has 0 radical (unpaired) electrons. The van der Waals surface area contributed by atoms with E-state index in [1.54, 1.807) is 0 Å². The van der Waals surface area contributed by atoms with Gasteiger partial charge in [-0.1, -0.05) is 24.3 Å². The Morgan fingerprint density at radius 3 is 3.00 bits per heavy atom. The SMILES string of the molecule is Cc1ccccc1CNC(=O)CC1CCCN1. The van der Waals surface area contributed by atoms with Crippen LogP contribution in [-0.4, -0.2) is 18.5 Å². The molecule has 1 aliphatic rings. The normalized spacial score (nSPS) is 19.2. The highest BCUT2D eigenvalue weighted by molar-refractivity contribution is 5.76. The lowest BCUT2D eigenvalue weighted by Crippen LogP contribution is -2.31. The summed E-state index contributed by atoms with van der Waals surface area (Å²) in [6.45, 7) is 3.76. The van der Waals surface area contributed by atoms with Gasteiger partial charge >= 0.3 is 0 Å². The molecule has 0 aromatic heterocycles. The van der Waals surface area contributed by atoms with Crippen LogP contribution in [-0.2, 0) is 11.3 Å². The summed E-state index contributed by atoms with van der Waals surface area (Å²) in [7, 11) is 0. The molecule has 3 heteroatoms. The Balaban J connectivity index is 1.77. The van der Waals surface area contributed by atoms with Crippen molar-refractivity contribution in [1.82, 2.24) is 10.6 Å². The molecule has 3 nitrogen and oxygen atoms in total. The van der Waals surface area contributed by atoms with E-state index in [0.717, 1.165) is 13.0 Å². The zero-order valence-corrected chi connectivity index (χ0v) is 10.3. The summed E-state index contributed by atoms with van der Waals surface area (Å²) in [5.74, 6) is 0.146. The van der Waals surface area contributed by atoms with Crippen molar-refractivity contribution in [1.29, 1.82) is 0 Å². The number of amides is 1. The van der Waals surface area contributed by atoms with Crippen molar-refractivity contribution >= 4 is 5.91 Å². The fraction of sp³-hybridized carbons (Fsp3) is 0.500. The Hall–Kier alpha value is -1.35. The van der Waals surface area contributed by atoms with Gasteiger partial charge in [0.15, 0.2) is 0 Å². The molecule has 2 rings (SSSR count). The molecule has 1 aliphatic heterocycles. The Bertz CT molecular complexity index is 384. The maximum atomic E-state index is 11.7. The summed E-state index contributed by atoms with van der Waals surface area (Å²) in [5, 5.41) is 6.32. The molecule has 0 bridgehead atoms. The number of carbonyl (C=O) groups is 1. The van der Waals surface area contributed by atoms with E-state index in [2.05, 4.69) is 29.7 Å². The van der Waals surface area contributed by atoms with Gasteiger partial charge < -0.3 is 10.6 Å². The smallest absolute Gasteiger partial charge is 0.221 e. The minimum absolute atomic E-state index is 0.146. The molecule has 1 aromatic carbocycles. The molecule has 92 valence electrons.